The van der Waals surface area contributed by atoms with E-state index in [-0.39, 0.29) is 28.6 Å². The minimum atomic E-state index is -3.76. The first-order valence-corrected chi connectivity index (χ1v) is 9.59. The van der Waals surface area contributed by atoms with Gasteiger partial charge in [-0.2, -0.15) is 0 Å². The van der Waals surface area contributed by atoms with Gasteiger partial charge < -0.3 is 4.74 Å². The topological polar surface area (TPSA) is 97.4 Å². The highest BCUT2D eigenvalue weighted by Gasteiger charge is 2.19. The van der Waals surface area contributed by atoms with Gasteiger partial charge >= 0.3 is 0 Å². The lowest BCUT2D eigenvalue weighted by Gasteiger charge is -2.09. The van der Waals surface area contributed by atoms with Gasteiger partial charge in [0.15, 0.2) is 5.13 Å². The average Bonchev–Trinajstić information content (AvgIpc) is 2.92. The van der Waals surface area contributed by atoms with Crippen LogP contribution in [0.3, 0.4) is 0 Å². The maximum atomic E-state index is 12.3. The van der Waals surface area contributed by atoms with Crippen molar-refractivity contribution in [3.05, 3.63) is 39.9 Å². The van der Waals surface area contributed by atoms with Crippen LogP contribution in [0.1, 0.15) is 16.1 Å². The zero-order chi connectivity index (χ0) is 17.7. The molecular formula is C14H16ClN3O4S2. The van der Waals surface area contributed by atoms with Gasteiger partial charge in [-0.3, -0.25) is 10.1 Å². The van der Waals surface area contributed by atoms with Crippen molar-refractivity contribution in [1.82, 2.24) is 9.71 Å². The normalized spacial score (nSPS) is 11.5. The first-order chi connectivity index (χ1) is 11.3. The second-order valence-electron chi connectivity index (χ2n) is 4.78. The summed E-state index contributed by atoms with van der Waals surface area (Å²) in [5, 5.41) is 4.96. The summed E-state index contributed by atoms with van der Waals surface area (Å²) in [6.07, 6.45) is 0. The predicted molar refractivity (Wildman–Crippen MR) is 93.3 cm³/mol. The molecule has 0 atom stereocenters. The van der Waals surface area contributed by atoms with Crippen LogP contribution in [0.5, 0.6) is 0 Å². The molecule has 0 aliphatic rings. The van der Waals surface area contributed by atoms with Crippen LogP contribution >= 0.6 is 22.9 Å². The predicted octanol–water partition coefficient (Wildman–Crippen LogP) is 2.28. The standard InChI is InChI=1S/C14H16ClN3O4S2/c1-9-8-23-14(17-9)18-13(19)11-7-10(3-4-12(11)15)24(20,21)16-5-6-22-2/h3-4,7-8,16H,5-6H2,1-2H3,(H,17,18,19). The third-order valence-electron chi connectivity index (χ3n) is 2.93. The van der Waals surface area contributed by atoms with Gasteiger partial charge in [0.2, 0.25) is 10.0 Å². The molecule has 10 heteroatoms. The van der Waals surface area contributed by atoms with Gasteiger partial charge in [-0.25, -0.2) is 18.1 Å². The van der Waals surface area contributed by atoms with Crippen LogP contribution in [0.2, 0.25) is 5.02 Å². The van der Waals surface area contributed by atoms with Crippen LogP contribution in [0.15, 0.2) is 28.5 Å². The molecule has 130 valence electrons. The Morgan fingerprint density at radius 2 is 2.17 bits per heavy atom. The van der Waals surface area contributed by atoms with E-state index in [1.54, 1.807) is 12.3 Å². The highest BCUT2D eigenvalue weighted by Crippen LogP contribution is 2.23. The number of amides is 1. The fourth-order valence-electron chi connectivity index (χ4n) is 1.78. The molecule has 1 heterocycles. The maximum absolute atomic E-state index is 12.3. The van der Waals surface area contributed by atoms with E-state index < -0.39 is 15.9 Å². The molecule has 0 spiro atoms. The van der Waals surface area contributed by atoms with Gasteiger partial charge in [-0.1, -0.05) is 11.6 Å². The summed E-state index contributed by atoms with van der Waals surface area (Å²) in [5.41, 5.74) is 0.833. The van der Waals surface area contributed by atoms with Gasteiger partial charge in [0.25, 0.3) is 5.91 Å². The fraction of sp³-hybridized carbons (Fsp3) is 0.286. The van der Waals surface area contributed by atoms with Gasteiger partial charge in [0.1, 0.15) is 0 Å². The maximum Gasteiger partial charge on any atom is 0.259 e. The van der Waals surface area contributed by atoms with Gasteiger partial charge in [0, 0.05) is 19.0 Å². The van der Waals surface area contributed by atoms with Crippen LogP contribution in [-0.2, 0) is 14.8 Å². The molecule has 0 bridgehead atoms. The molecule has 0 aliphatic carbocycles. The molecule has 24 heavy (non-hydrogen) atoms. The van der Waals surface area contributed by atoms with Crippen LogP contribution < -0.4 is 10.0 Å². The number of aromatic nitrogens is 1. The Hall–Kier alpha value is -1.52. The molecule has 2 rings (SSSR count). The van der Waals surface area contributed by atoms with E-state index in [2.05, 4.69) is 15.0 Å². The van der Waals surface area contributed by atoms with E-state index in [0.717, 1.165) is 5.69 Å². The number of sulfonamides is 1. The van der Waals surface area contributed by atoms with E-state index in [0.29, 0.717) is 5.13 Å². The number of hydrogen-bond donors (Lipinski definition) is 2. The Bertz CT molecular complexity index is 836. The summed E-state index contributed by atoms with van der Waals surface area (Å²) in [7, 11) is -2.28. The lowest BCUT2D eigenvalue weighted by Crippen LogP contribution is -2.27. The number of methoxy groups -OCH3 is 1. The number of carbonyl (C=O) groups is 1. The highest BCUT2D eigenvalue weighted by molar-refractivity contribution is 7.89. The number of nitrogens with one attached hydrogen (secondary N) is 2. The highest BCUT2D eigenvalue weighted by atomic mass is 35.5. The van der Waals surface area contributed by atoms with Crippen LogP contribution in [-0.4, -0.2) is 39.6 Å². The largest absolute Gasteiger partial charge is 0.383 e. The van der Waals surface area contributed by atoms with E-state index in [1.807, 2.05) is 0 Å². The molecule has 0 unspecified atom stereocenters. The molecule has 2 N–H and O–H groups in total. The number of halogens is 1. The fourth-order valence-corrected chi connectivity index (χ4v) is 3.71. The van der Waals surface area contributed by atoms with Crippen molar-refractivity contribution in [2.45, 2.75) is 11.8 Å². The molecule has 0 radical (unpaired) electrons. The van der Waals surface area contributed by atoms with Crippen molar-refractivity contribution < 1.29 is 17.9 Å². The Morgan fingerprint density at radius 3 is 2.79 bits per heavy atom. The summed E-state index contributed by atoms with van der Waals surface area (Å²) < 4.78 is 31.6. The molecule has 7 nitrogen and oxygen atoms in total. The van der Waals surface area contributed by atoms with E-state index in [4.69, 9.17) is 16.3 Å². The molecule has 0 saturated carbocycles. The lowest BCUT2D eigenvalue weighted by molar-refractivity contribution is 0.102. The third-order valence-corrected chi connectivity index (χ3v) is 5.59. The number of benzene rings is 1. The summed E-state index contributed by atoms with van der Waals surface area (Å²) >= 11 is 7.30. The molecule has 1 amide bonds. The van der Waals surface area contributed by atoms with Crippen molar-refractivity contribution in [3.63, 3.8) is 0 Å². The van der Waals surface area contributed by atoms with E-state index in [9.17, 15) is 13.2 Å². The monoisotopic (exact) mass is 389 g/mol. The Labute approximate surface area is 149 Å². The molecule has 1 aromatic heterocycles. The van der Waals surface area contributed by atoms with E-state index in [1.165, 1.54) is 36.6 Å². The number of ether oxygens (including phenoxy) is 1. The Kier molecular flexibility index (Phi) is 6.30. The molecular weight excluding hydrogens is 374 g/mol. The summed E-state index contributed by atoms with van der Waals surface area (Å²) in [6, 6.07) is 3.93. The van der Waals surface area contributed by atoms with Gasteiger partial charge in [-0.15, -0.1) is 11.3 Å². The SMILES string of the molecule is COCCNS(=O)(=O)c1ccc(Cl)c(C(=O)Nc2nc(C)cs2)c1. The second-order valence-corrected chi connectivity index (χ2v) is 7.81. The number of hydrogen-bond acceptors (Lipinski definition) is 6. The number of aryl methyl sites for hydroxylation is 1. The number of thiazole rings is 1. The zero-order valence-electron chi connectivity index (χ0n) is 13.0. The number of nitrogens with zero attached hydrogens (tertiary/aromatic N) is 1. The lowest BCUT2D eigenvalue weighted by atomic mass is 10.2. The minimum absolute atomic E-state index is 0.0523. The van der Waals surface area contributed by atoms with Gasteiger partial charge in [0.05, 0.1) is 27.8 Å². The Balaban J connectivity index is 2.23. The number of rotatable bonds is 7. The Morgan fingerprint density at radius 1 is 1.42 bits per heavy atom. The minimum Gasteiger partial charge on any atom is -0.383 e. The summed E-state index contributed by atoms with van der Waals surface area (Å²) in [6.45, 7) is 2.17. The number of carbonyl (C=O) groups excluding carboxylic acids is 1. The molecule has 0 aliphatic heterocycles. The van der Waals surface area contributed by atoms with Crippen LogP contribution in [0.25, 0.3) is 0 Å². The first-order valence-electron chi connectivity index (χ1n) is 6.85. The molecule has 2 aromatic rings. The van der Waals surface area contributed by atoms with Crippen LogP contribution in [0, 0.1) is 6.92 Å². The summed E-state index contributed by atoms with van der Waals surface area (Å²) in [5.74, 6) is -0.525. The molecule has 0 fully saturated rings. The van der Waals surface area contributed by atoms with Crippen LogP contribution in [0.4, 0.5) is 5.13 Å². The zero-order valence-corrected chi connectivity index (χ0v) is 15.4. The quantitative estimate of drug-likeness (QED) is 0.708. The van der Waals surface area contributed by atoms with Gasteiger partial charge in [-0.05, 0) is 25.1 Å². The third kappa shape index (κ3) is 4.74. The van der Waals surface area contributed by atoms with Crippen molar-refractivity contribution in [3.8, 4) is 0 Å². The van der Waals surface area contributed by atoms with Crippen molar-refractivity contribution in [1.29, 1.82) is 0 Å². The molecule has 1 aromatic carbocycles. The average molecular weight is 390 g/mol. The van der Waals surface area contributed by atoms with E-state index >= 15 is 0 Å². The first kappa shape index (κ1) is 18.8. The number of anilines is 1. The van der Waals surface area contributed by atoms with Crippen molar-refractivity contribution >= 4 is 44.0 Å². The summed E-state index contributed by atoms with van der Waals surface area (Å²) in [4.78, 5) is 16.4. The van der Waals surface area contributed by atoms with Crippen molar-refractivity contribution in [2.75, 3.05) is 25.6 Å². The molecule has 0 saturated heterocycles. The second kappa shape index (κ2) is 8.04. The van der Waals surface area contributed by atoms with Crippen molar-refractivity contribution in [2.24, 2.45) is 0 Å². The smallest absolute Gasteiger partial charge is 0.259 e.